The summed E-state index contributed by atoms with van der Waals surface area (Å²) in [6, 6.07) is 48.9. The number of rotatable bonds is 5. The first-order valence-corrected chi connectivity index (χ1v) is 20.7. The van der Waals surface area contributed by atoms with Crippen molar-refractivity contribution in [2.75, 3.05) is 0 Å². The molecule has 6 heteroatoms. The van der Waals surface area contributed by atoms with Crippen molar-refractivity contribution in [3.8, 4) is 56.0 Å². The van der Waals surface area contributed by atoms with Crippen LogP contribution in [0.15, 0.2) is 138 Å². The summed E-state index contributed by atoms with van der Waals surface area (Å²) in [4.78, 5) is 19.0. The van der Waals surface area contributed by atoms with E-state index >= 15 is 0 Å². The van der Waals surface area contributed by atoms with Gasteiger partial charge in [0.05, 0.1) is 16.8 Å². The van der Waals surface area contributed by atoms with Gasteiger partial charge in [0.15, 0.2) is 0 Å². The molecule has 10 rings (SSSR count). The van der Waals surface area contributed by atoms with Crippen LogP contribution in [-0.2, 0) is 20.1 Å². The van der Waals surface area contributed by atoms with Crippen LogP contribution in [-0.4, -0.2) is 19.9 Å². The Labute approximate surface area is 377 Å². The zero-order valence-corrected chi connectivity index (χ0v) is 38.6. The number of benzene rings is 5. The molecule has 0 amide bonds. The van der Waals surface area contributed by atoms with E-state index in [2.05, 4.69) is 168 Å². The van der Waals surface area contributed by atoms with E-state index in [1.54, 1.807) is 0 Å². The number of furan rings is 1. The molecule has 0 atom stereocenters. The van der Waals surface area contributed by atoms with Crippen LogP contribution < -0.4 is 0 Å². The van der Waals surface area contributed by atoms with Crippen molar-refractivity contribution in [3.63, 3.8) is 0 Å². The second kappa shape index (κ2) is 17.4. The Morgan fingerprint density at radius 3 is 2.02 bits per heavy atom. The molecule has 10 aromatic rings. The maximum atomic E-state index is 6.25. The predicted molar refractivity (Wildman–Crippen MR) is 252 cm³/mol. The van der Waals surface area contributed by atoms with Gasteiger partial charge in [-0.3, -0.25) is 0 Å². The van der Waals surface area contributed by atoms with Gasteiger partial charge >= 0.3 is 0 Å². The van der Waals surface area contributed by atoms with Crippen LogP contribution in [0.1, 0.15) is 44.6 Å². The van der Waals surface area contributed by atoms with Crippen LogP contribution in [0.25, 0.3) is 89.0 Å². The molecular weight excluding hydrogens is 937 g/mol. The van der Waals surface area contributed by atoms with E-state index in [1.807, 2.05) is 43.6 Å². The maximum absolute atomic E-state index is 6.25. The maximum Gasteiger partial charge on any atom is 0.216 e. The van der Waals surface area contributed by atoms with E-state index in [9.17, 15) is 0 Å². The zero-order chi connectivity index (χ0) is 42.4. The minimum atomic E-state index is 0. The Bertz CT molecular complexity index is 3280. The van der Waals surface area contributed by atoms with Gasteiger partial charge in [-0.1, -0.05) is 95.7 Å². The molecule has 62 heavy (non-hydrogen) atoms. The van der Waals surface area contributed by atoms with Crippen molar-refractivity contribution in [3.05, 3.63) is 190 Å². The van der Waals surface area contributed by atoms with Gasteiger partial charge in [0.25, 0.3) is 0 Å². The van der Waals surface area contributed by atoms with Crippen LogP contribution >= 0.6 is 0 Å². The SMILES string of the molecule is Cc1ccc2c(n1)oc1c(-c3cc(-c4cc5ccc(-c6c(C)cccc6C)nc5cc4C)c(C)cn3)[c-]ccc12.Cc1cnc(-c2[c-]cc(C)c(-c3ccccc3)c2)cc1C.[Ir]. The van der Waals surface area contributed by atoms with Crippen LogP contribution in [0.3, 0.4) is 0 Å². The molecule has 1 radical (unpaired) electrons. The first-order chi connectivity index (χ1) is 29.5. The van der Waals surface area contributed by atoms with Crippen molar-refractivity contribution in [2.45, 2.75) is 55.4 Å². The Hall–Kier alpha value is -6.59. The van der Waals surface area contributed by atoms with Crippen LogP contribution in [0.4, 0.5) is 0 Å². The van der Waals surface area contributed by atoms with Gasteiger partial charge in [-0.05, 0) is 135 Å². The average Bonchev–Trinajstić information content (AvgIpc) is 3.63. The minimum Gasteiger partial charge on any atom is -0.486 e. The second-order valence-electron chi connectivity index (χ2n) is 16.2. The summed E-state index contributed by atoms with van der Waals surface area (Å²) in [5.41, 5.74) is 22.5. The molecule has 0 saturated heterocycles. The summed E-state index contributed by atoms with van der Waals surface area (Å²) in [6.45, 7) is 16.8. The molecule has 5 nitrogen and oxygen atoms in total. The normalized spacial score (nSPS) is 11.1. The predicted octanol–water partition coefficient (Wildman–Crippen LogP) is 14.4. The van der Waals surface area contributed by atoms with E-state index in [4.69, 9.17) is 14.4 Å². The fourth-order valence-corrected chi connectivity index (χ4v) is 8.19. The van der Waals surface area contributed by atoms with Gasteiger partial charge in [-0.2, -0.15) is 0 Å². The van der Waals surface area contributed by atoms with Crippen molar-refractivity contribution < 1.29 is 24.5 Å². The first kappa shape index (κ1) is 42.1. The number of nitrogens with zero attached hydrogens (tertiary/aromatic N) is 4. The fourth-order valence-electron chi connectivity index (χ4n) is 8.19. The average molecular weight is 983 g/mol. The minimum absolute atomic E-state index is 0. The van der Waals surface area contributed by atoms with Crippen molar-refractivity contribution in [1.82, 2.24) is 19.9 Å². The van der Waals surface area contributed by atoms with Gasteiger partial charge in [0.2, 0.25) is 5.71 Å². The molecule has 5 aromatic carbocycles. The quantitative estimate of drug-likeness (QED) is 0.161. The molecule has 307 valence electrons. The summed E-state index contributed by atoms with van der Waals surface area (Å²) in [6.07, 6.45) is 3.87. The molecule has 0 aliphatic carbocycles. The Kier molecular flexibility index (Phi) is 11.8. The molecule has 0 N–H and O–H groups in total. The molecule has 0 unspecified atom stereocenters. The summed E-state index contributed by atoms with van der Waals surface area (Å²) < 4.78 is 6.25. The third-order valence-electron chi connectivity index (χ3n) is 11.8. The zero-order valence-electron chi connectivity index (χ0n) is 36.2. The van der Waals surface area contributed by atoms with Crippen LogP contribution in [0, 0.1) is 67.5 Å². The smallest absolute Gasteiger partial charge is 0.216 e. The van der Waals surface area contributed by atoms with E-state index in [0.29, 0.717) is 5.71 Å². The van der Waals surface area contributed by atoms with Gasteiger partial charge in [0, 0.05) is 54.5 Å². The van der Waals surface area contributed by atoms with Crippen molar-refractivity contribution >= 4 is 33.0 Å². The molecule has 0 aliphatic heterocycles. The molecular formula is C56H46IrN4O-2. The number of aryl methyl sites for hydroxylation is 8. The Morgan fingerprint density at radius 2 is 1.24 bits per heavy atom. The van der Waals surface area contributed by atoms with E-state index in [0.717, 1.165) is 72.3 Å². The molecule has 0 aliphatic rings. The van der Waals surface area contributed by atoms with Crippen molar-refractivity contribution in [2.24, 2.45) is 0 Å². The number of hydrogen-bond donors (Lipinski definition) is 0. The standard InChI is InChI=1S/C36H28N3O.C20H18N.Ir/c1-20-8-6-9-21(2)34(20)31-15-13-25-17-29(22(3)16-32(25)39-31)30-18-33(37-19-23(30)4)28-11-7-10-26-27-14-12-24(5)38-36(27)40-35(26)28;1-14-9-10-18(20-11-15(2)16(3)13-21-20)12-19(14)17-7-5-4-6-8-17;/h6-10,12-19H,1-5H3;4-9,11-13H,1-3H3;/q2*-1;. The first-order valence-electron chi connectivity index (χ1n) is 20.7. The second-order valence-corrected chi connectivity index (χ2v) is 16.2. The Balaban J connectivity index is 0.000000203. The van der Waals surface area contributed by atoms with E-state index < -0.39 is 0 Å². The largest absolute Gasteiger partial charge is 0.486 e. The number of hydrogen-bond acceptors (Lipinski definition) is 5. The Morgan fingerprint density at radius 1 is 0.500 bits per heavy atom. The molecule has 0 spiro atoms. The van der Waals surface area contributed by atoms with Gasteiger partial charge in [0.1, 0.15) is 0 Å². The van der Waals surface area contributed by atoms with E-state index in [1.165, 1.54) is 55.6 Å². The molecule has 0 bridgehead atoms. The number of pyridine rings is 4. The summed E-state index contributed by atoms with van der Waals surface area (Å²) in [5.74, 6) is 0. The number of aromatic nitrogens is 4. The third-order valence-corrected chi connectivity index (χ3v) is 11.8. The van der Waals surface area contributed by atoms with Gasteiger partial charge in [-0.15, -0.1) is 47.5 Å². The third kappa shape index (κ3) is 8.12. The summed E-state index contributed by atoms with van der Waals surface area (Å²) >= 11 is 0. The molecule has 0 fully saturated rings. The van der Waals surface area contributed by atoms with Crippen LogP contribution in [0.2, 0.25) is 0 Å². The molecule has 0 saturated carbocycles. The number of fused-ring (bicyclic) bond motifs is 4. The van der Waals surface area contributed by atoms with Gasteiger partial charge in [-0.25, -0.2) is 9.97 Å². The topological polar surface area (TPSA) is 64.7 Å². The van der Waals surface area contributed by atoms with E-state index in [-0.39, 0.29) is 20.1 Å². The van der Waals surface area contributed by atoms with Gasteiger partial charge < -0.3 is 14.4 Å². The summed E-state index contributed by atoms with van der Waals surface area (Å²) in [7, 11) is 0. The fraction of sp³-hybridized carbons (Fsp3) is 0.143. The molecule has 5 heterocycles. The summed E-state index contributed by atoms with van der Waals surface area (Å²) in [5, 5.41) is 3.13. The van der Waals surface area contributed by atoms with Crippen LogP contribution in [0.5, 0.6) is 0 Å². The van der Waals surface area contributed by atoms with Crippen molar-refractivity contribution in [1.29, 1.82) is 0 Å². The monoisotopic (exact) mass is 983 g/mol. The molecule has 5 aromatic heterocycles.